The molecule has 6 N–H and O–H groups in total. The van der Waals surface area contributed by atoms with Crippen LogP contribution in [-0.2, 0) is 11.2 Å². The summed E-state index contributed by atoms with van der Waals surface area (Å²) in [5.41, 5.74) is 17.7. The summed E-state index contributed by atoms with van der Waals surface area (Å²) in [6.07, 6.45) is 2.41. The minimum Gasteiger partial charge on any atom is -0.370 e. The van der Waals surface area contributed by atoms with E-state index >= 15 is 0 Å². The van der Waals surface area contributed by atoms with Crippen LogP contribution in [-0.4, -0.2) is 11.9 Å². The van der Waals surface area contributed by atoms with E-state index in [0.717, 1.165) is 18.4 Å². The van der Waals surface area contributed by atoms with Gasteiger partial charge in [0.15, 0.2) is 5.96 Å². The highest BCUT2D eigenvalue weighted by molar-refractivity contribution is 5.79. The highest BCUT2D eigenvalue weighted by Crippen LogP contribution is 2.17. The Labute approximate surface area is 107 Å². The molecule has 0 aliphatic carbocycles. The third-order valence-corrected chi connectivity index (χ3v) is 2.72. The van der Waals surface area contributed by atoms with Gasteiger partial charge in [-0.05, 0) is 30.5 Å². The Bertz CT molecular complexity index is 421. The van der Waals surface area contributed by atoms with Crippen molar-refractivity contribution in [2.45, 2.75) is 26.2 Å². The maximum absolute atomic E-state index is 11.3. The van der Waals surface area contributed by atoms with Crippen molar-refractivity contribution in [3.8, 4) is 0 Å². The van der Waals surface area contributed by atoms with Crippen molar-refractivity contribution < 1.29 is 4.79 Å². The van der Waals surface area contributed by atoms with Crippen LogP contribution in [0.2, 0.25) is 0 Å². The van der Waals surface area contributed by atoms with E-state index in [1.54, 1.807) is 0 Å². The van der Waals surface area contributed by atoms with E-state index in [-0.39, 0.29) is 17.8 Å². The zero-order valence-electron chi connectivity index (χ0n) is 10.6. The number of primary amides is 1. The van der Waals surface area contributed by atoms with Gasteiger partial charge in [-0.1, -0.05) is 25.5 Å². The van der Waals surface area contributed by atoms with Gasteiger partial charge in [-0.25, -0.2) is 4.99 Å². The first-order chi connectivity index (χ1) is 8.52. The van der Waals surface area contributed by atoms with E-state index in [1.807, 2.05) is 31.2 Å². The van der Waals surface area contributed by atoms with Crippen molar-refractivity contribution in [2.75, 3.05) is 0 Å². The summed E-state index contributed by atoms with van der Waals surface area (Å²) >= 11 is 0. The molecule has 1 aromatic carbocycles. The van der Waals surface area contributed by atoms with E-state index in [0.29, 0.717) is 12.1 Å². The number of nitrogens with two attached hydrogens (primary N) is 3. The Kier molecular flexibility index (Phi) is 5.17. The summed E-state index contributed by atoms with van der Waals surface area (Å²) in [4.78, 5) is 15.2. The van der Waals surface area contributed by atoms with Crippen LogP contribution >= 0.6 is 0 Å². The van der Waals surface area contributed by atoms with Crippen molar-refractivity contribution in [1.82, 2.24) is 0 Å². The van der Waals surface area contributed by atoms with Crippen molar-refractivity contribution >= 4 is 17.6 Å². The lowest BCUT2D eigenvalue weighted by atomic mass is 9.94. The van der Waals surface area contributed by atoms with Crippen LogP contribution in [0.1, 0.15) is 25.3 Å². The fraction of sp³-hybridized carbons (Fsp3) is 0.385. The Morgan fingerprint density at radius 2 is 1.83 bits per heavy atom. The van der Waals surface area contributed by atoms with E-state index in [1.165, 1.54) is 0 Å². The molecule has 98 valence electrons. The smallest absolute Gasteiger partial charge is 0.220 e. The van der Waals surface area contributed by atoms with Gasteiger partial charge < -0.3 is 17.2 Å². The third-order valence-electron chi connectivity index (χ3n) is 2.72. The number of benzene rings is 1. The number of hydrogen-bond donors (Lipinski definition) is 3. The third kappa shape index (κ3) is 4.45. The van der Waals surface area contributed by atoms with E-state index in [4.69, 9.17) is 17.2 Å². The molecule has 5 heteroatoms. The van der Waals surface area contributed by atoms with Crippen LogP contribution in [0, 0.1) is 5.92 Å². The molecule has 5 nitrogen and oxygen atoms in total. The summed E-state index contributed by atoms with van der Waals surface area (Å²) < 4.78 is 0. The van der Waals surface area contributed by atoms with E-state index in [9.17, 15) is 4.79 Å². The van der Waals surface area contributed by atoms with Crippen LogP contribution in [0.25, 0.3) is 0 Å². The van der Waals surface area contributed by atoms with Gasteiger partial charge in [-0.15, -0.1) is 0 Å². The highest BCUT2D eigenvalue weighted by atomic mass is 16.1. The van der Waals surface area contributed by atoms with Gasteiger partial charge in [-0.2, -0.15) is 0 Å². The second-order valence-electron chi connectivity index (χ2n) is 4.30. The Balaban J connectivity index is 2.73. The molecule has 0 radical (unpaired) electrons. The molecular weight excluding hydrogens is 228 g/mol. The fourth-order valence-electron chi connectivity index (χ4n) is 1.83. The molecule has 18 heavy (non-hydrogen) atoms. The first kappa shape index (κ1) is 14.0. The molecule has 0 fully saturated rings. The standard InChI is InChI=1S/C13H20N4O/c1-2-3-10(12(14)18)8-9-4-6-11(7-5-9)17-13(15)16/h4-7,10H,2-3,8H2,1H3,(H2,14,18)(H4,15,16,17). The van der Waals surface area contributed by atoms with Crippen LogP contribution < -0.4 is 17.2 Å². The monoisotopic (exact) mass is 248 g/mol. The average molecular weight is 248 g/mol. The van der Waals surface area contributed by atoms with Crippen molar-refractivity contribution in [3.05, 3.63) is 29.8 Å². The first-order valence-corrected chi connectivity index (χ1v) is 6.00. The first-order valence-electron chi connectivity index (χ1n) is 6.00. The van der Waals surface area contributed by atoms with Gasteiger partial charge in [0.1, 0.15) is 0 Å². The van der Waals surface area contributed by atoms with Gasteiger partial charge in [0.2, 0.25) is 5.91 Å². The maximum atomic E-state index is 11.3. The number of amides is 1. The molecule has 1 atom stereocenters. The zero-order chi connectivity index (χ0) is 13.5. The SMILES string of the molecule is CCCC(Cc1ccc(N=C(N)N)cc1)C(N)=O. The largest absolute Gasteiger partial charge is 0.370 e. The molecule has 1 aromatic rings. The van der Waals surface area contributed by atoms with Gasteiger partial charge in [0.05, 0.1) is 5.69 Å². The molecular formula is C13H20N4O. The molecule has 0 spiro atoms. The normalized spacial score (nSPS) is 11.8. The van der Waals surface area contributed by atoms with Crippen LogP contribution in [0.15, 0.2) is 29.3 Å². The number of nitrogens with zero attached hydrogens (tertiary/aromatic N) is 1. The lowest BCUT2D eigenvalue weighted by Crippen LogP contribution is -2.25. The number of aliphatic imine (C=N–C) groups is 1. The lowest BCUT2D eigenvalue weighted by Gasteiger charge is -2.12. The summed E-state index contributed by atoms with van der Waals surface area (Å²) in [5.74, 6) is -0.321. The van der Waals surface area contributed by atoms with Gasteiger partial charge in [0.25, 0.3) is 0 Å². The fourth-order valence-corrected chi connectivity index (χ4v) is 1.83. The molecule has 1 unspecified atom stereocenters. The molecule has 1 rings (SSSR count). The predicted molar refractivity (Wildman–Crippen MR) is 73.2 cm³/mol. The Morgan fingerprint density at radius 1 is 1.22 bits per heavy atom. The number of rotatable bonds is 6. The molecule has 0 saturated heterocycles. The lowest BCUT2D eigenvalue weighted by molar-refractivity contribution is -0.122. The Hall–Kier alpha value is -2.04. The number of carbonyl (C=O) groups is 1. The van der Waals surface area contributed by atoms with Crippen LogP contribution in [0.3, 0.4) is 0 Å². The quantitative estimate of drug-likeness (QED) is 0.517. The number of guanidine groups is 1. The van der Waals surface area contributed by atoms with Crippen LogP contribution in [0.5, 0.6) is 0 Å². The molecule has 0 aromatic heterocycles. The zero-order valence-corrected chi connectivity index (χ0v) is 10.6. The second-order valence-corrected chi connectivity index (χ2v) is 4.30. The second kappa shape index (κ2) is 6.64. The summed E-state index contributed by atoms with van der Waals surface area (Å²) in [7, 11) is 0. The molecule has 0 aliphatic rings. The molecule has 0 aliphatic heterocycles. The van der Waals surface area contributed by atoms with E-state index < -0.39 is 0 Å². The molecule has 0 heterocycles. The van der Waals surface area contributed by atoms with Gasteiger partial charge >= 0.3 is 0 Å². The minimum absolute atomic E-state index is 0.0312. The molecule has 0 bridgehead atoms. The maximum Gasteiger partial charge on any atom is 0.220 e. The van der Waals surface area contributed by atoms with Gasteiger partial charge in [-0.3, -0.25) is 4.79 Å². The van der Waals surface area contributed by atoms with Crippen molar-refractivity contribution in [3.63, 3.8) is 0 Å². The average Bonchev–Trinajstić information content (AvgIpc) is 2.30. The highest BCUT2D eigenvalue weighted by Gasteiger charge is 2.14. The van der Waals surface area contributed by atoms with Crippen LogP contribution in [0.4, 0.5) is 5.69 Å². The van der Waals surface area contributed by atoms with E-state index in [2.05, 4.69) is 4.99 Å². The number of hydrogen-bond acceptors (Lipinski definition) is 2. The number of carbonyl (C=O) groups excluding carboxylic acids is 1. The topological polar surface area (TPSA) is 107 Å². The summed E-state index contributed by atoms with van der Waals surface area (Å²) in [5, 5.41) is 0. The minimum atomic E-state index is -0.245. The van der Waals surface area contributed by atoms with Gasteiger partial charge in [0, 0.05) is 5.92 Å². The molecule has 0 saturated carbocycles. The molecule has 1 amide bonds. The van der Waals surface area contributed by atoms with Crippen molar-refractivity contribution in [1.29, 1.82) is 0 Å². The summed E-state index contributed by atoms with van der Waals surface area (Å²) in [6, 6.07) is 7.46. The summed E-state index contributed by atoms with van der Waals surface area (Å²) in [6.45, 7) is 2.04. The Morgan fingerprint density at radius 3 is 2.28 bits per heavy atom. The van der Waals surface area contributed by atoms with Crippen molar-refractivity contribution in [2.24, 2.45) is 28.1 Å². The predicted octanol–water partition coefficient (Wildman–Crippen LogP) is 1.04.